The Morgan fingerprint density at radius 1 is 0.850 bits per heavy atom. The Balaban J connectivity index is 2.53. The van der Waals surface area contributed by atoms with Crippen LogP contribution >= 0.6 is 0 Å². The van der Waals surface area contributed by atoms with Gasteiger partial charge in [-0.1, -0.05) is 57.2 Å². The number of rotatable bonds is 2. The van der Waals surface area contributed by atoms with Crippen LogP contribution in [0.4, 0.5) is 0 Å². The van der Waals surface area contributed by atoms with Gasteiger partial charge in [-0.2, -0.15) is 0 Å². The van der Waals surface area contributed by atoms with Gasteiger partial charge >= 0.3 is 0 Å². The van der Waals surface area contributed by atoms with Crippen molar-refractivity contribution in [2.45, 2.75) is 40.0 Å². The van der Waals surface area contributed by atoms with Gasteiger partial charge in [0.25, 0.3) is 0 Å². The molecule has 2 aromatic carbocycles. The van der Waals surface area contributed by atoms with Crippen molar-refractivity contribution in [3.8, 4) is 0 Å². The van der Waals surface area contributed by atoms with Crippen molar-refractivity contribution in [1.29, 1.82) is 0 Å². The normalized spacial score (nSPS) is 11.4. The summed E-state index contributed by atoms with van der Waals surface area (Å²) in [6.45, 7) is 10.5. The van der Waals surface area contributed by atoms with Crippen LogP contribution in [-0.2, 0) is 5.41 Å². The van der Waals surface area contributed by atoms with E-state index in [9.17, 15) is 4.79 Å². The minimum atomic E-state index is 0.0501. The van der Waals surface area contributed by atoms with Gasteiger partial charge in [-0.15, -0.1) is 0 Å². The molecular formula is C19H22O. The predicted molar refractivity (Wildman–Crippen MR) is 84.5 cm³/mol. The molecule has 1 heteroatoms. The fourth-order valence-electron chi connectivity index (χ4n) is 2.31. The molecule has 0 radical (unpaired) electrons. The van der Waals surface area contributed by atoms with E-state index in [0.29, 0.717) is 0 Å². The Bertz CT molecular complexity index is 645. The molecule has 0 aliphatic carbocycles. The molecule has 0 amide bonds. The smallest absolute Gasteiger partial charge is 0.193 e. The standard InChI is InChI=1S/C19H22O/c1-13-8-6-7-9-16(13)18(20)17-12-15(19(3,4)5)11-10-14(17)2/h6-12H,1-5H3. The molecule has 20 heavy (non-hydrogen) atoms. The summed E-state index contributed by atoms with van der Waals surface area (Å²) in [6.07, 6.45) is 0. The van der Waals surface area contributed by atoms with Crippen molar-refractivity contribution >= 4 is 5.78 Å². The summed E-state index contributed by atoms with van der Waals surface area (Å²) in [5, 5.41) is 0. The van der Waals surface area contributed by atoms with E-state index in [4.69, 9.17) is 0 Å². The number of carbonyl (C=O) groups excluding carboxylic acids is 1. The lowest BCUT2D eigenvalue weighted by Crippen LogP contribution is -2.14. The minimum absolute atomic E-state index is 0.0501. The summed E-state index contributed by atoms with van der Waals surface area (Å²) in [4.78, 5) is 12.8. The van der Waals surface area contributed by atoms with Crippen molar-refractivity contribution in [3.63, 3.8) is 0 Å². The van der Waals surface area contributed by atoms with E-state index in [-0.39, 0.29) is 11.2 Å². The summed E-state index contributed by atoms with van der Waals surface area (Å²) in [7, 11) is 0. The molecule has 0 bridgehead atoms. The average Bonchev–Trinajstić information content (AvgIpc) is 2.37. The summed E-state index contributed by atoms with van der Waals surface area (Å²) >= 11 is 0. The lowest BCUT2D eigenvalue weighted by atomic mass is 9.84. The maximum Gasteiger partial charge on any atom is 0.193 e. The Labute approximate surface area is 121 Å². The van der Waals surface area contributed by atoms with Crippen LogP contribution < -0.4 is 0 Å². The molecule has 104 valence electrons. The molecule has 0 N–H and O–H groups in total. The number of carbonyl (C=O) groups is 1. The third kappa shape index (κ3) is 2.82. The molecule has 2 rings (SSSR count). The summed E-state index contributed by atoms with van der Waals surface area (Å²) in [5.41, 5.74) is 4.91. The highest BCUT2D eigenvalue weighted by atomic mass is 16.1. The lowest BCUT2D eigenvalue weighted by Gasteiger charge is -2.20. The molecule has 0 heterocycles. The highest BCUT2D eigenvalue weighted by Crippen LogP contribution is 2.26. The van der Waals surface area contributed by atoms with Gasteiger partial charge in [0.15, 0.2) is 5.78 Å². The second kappa shape index (κ2) is 5.24. The molecule has 0 aliphatic heterocycles. The van der Waals surface area contributed by atoms with Crippen molar-refractivity contribution in [3.05, 3.63) is 70.3 Å². The zero-order chi connectivity index (χ0) is 14.9. The van der Waals surface area contributed by atoms with E-state index >= 15 is 0 Å². The first-order valence-corrected chi connectivity index (χ1v) is 7.02. The maximum atomic E-state index is 12.8. The molecule has 0 unspecified atom stereocenters. The lowest BCUT2D eigenvalue weighted by molar-refractivity contribution is 0.103. The molecule has 0 spiro atoms. The van der Waals surface area contributed by atoms with E-state index in [1.165, 1.54) is 5.56 Å². The molecule has 0 atom stereocenters. The van der Waals surface area contributed by atoms with Gasteiger partial charge in [-0.25, -0.2) is 0 Å². The number of benzene rings is 2. The minimum Gasteiger partial charge on any atom is -0.289 e. The Morgan fingerprint density at radius 3 is 2.05 bits per heavy atom. The highest BCUT2D eigenvalue weighted by Gasteiger charge is 2.19. The first-order valence-electron chi connectivity index (χ1n) is 7.02. The Kier molecular flexibility index (Phi) is 3.80. The maximum absolute atomic E-state index is 12.8. The van der Waals surface area contributed by atoms with E-state index in [0.717, 1.165) is 22.3 Å². The third-order valence-corrected chi connectivity index (χ3v) is 3.74. The van der Waals surface area contributed by atoms with Gasteiger partial charge in [-0.3, -0.25) is 4.79 Å². The van der Waals surface area contributed by atoms with Crippen LogP contribution in [0.15, 0.2) is 42.5 Å². The quantitative estimate of drug-likeness (QED) is 0.711. The first kappa shape index (κ1) is 14.5. The summed E-state index contributed by atoms with van der Waals surface area (Å²) in [5.74, 6) is 0.117. The molecule has 0 fully saturated rings. The van der Waals surface area contributed by atoms with Crippen molar-refractivity contribution in [1.82, 2.24) is 0 Å². The topological polar surface area (TPSA) is 17.1 Å². The van der Waals surface area contributed by atoms with E-state index in [1.54, 1.807) is 0 Å². The highest BCUT2D eigenvalue weighted by molar-refractivity contribution is 6.10. The van der Waals surface area contributed by atoms with Crippen LogP contribution in [0, 0.1) is 13.8 Å². The fourth-order valence-corrected chi connectivity index (χ4v) is 2.31. The summed E-state index contributed by atoms with van der Waals surface area (Å²) < 4.78 is 0. The van der Waals surface area contributed by atoms with Crippen LogP contribution in [-0.4, -0.2) is 5.78 Å². The number of hydrogen-bond acceptors (Lipinski definition) is 1. The second-order valence-corrected chi connectivity index (χ2v) is 6.42. The van der Waals surface area contributed by atoms with Crippen LogP contribution in [0.2, 0.25) is 0 Å². The fraction of sp³-hybridized carbons (Fsp3) is 0.316. The molecule has 1 nitrogen and oxygen atoms in total. The monoisotopic (exact) mass is 266 g/mol. The van der Waals surface area contributed by atoms with Gasteiger partial charge in [0.05, 0.1) is 0 Å². The van der Waals surface area contributed by atoms with Gasteiger partial charge in [0, 0.05) is 11.1 Å². The molecule has 0 aliphatic rings. The van der Waals surface area contributed by atoms with Crippen LogP contribution in [0.5, 0.6) is 0 Å². The Morgan fingerprint density at radius 2 is 1.45 bits per heavy atom. The van der Waals surface area contributed by atoms with Crippen molar-refractivity contribution in [2.75, 3.05) is 0 Å². The SMILES string of the molecule is Cc1ccccc1C(=O)c1cc(C(C)(C)C)ccc1C. The van der Waals surface area contributed by atoms with Crippen LogP contribution in [0.3, 0.4) is 0 Å². The van der Waals surface area contributed by atoms with Gasteiger partial charge < -0.3 is 0 Å². The zero-order valence-corrected chi connectivity index (χ0v) is 12.9. The number of hydrogen-bond donors (Lipinski definition) is 0. The average molecular weight is 266 g/mol. The Hall–Kier alpha value is -1.89. The second-order valence-electron chi connectivity index (χ2n) is 6.42. The first-order chi connectivity index (χ1) is 9.30. The van der Waals surface area contributed by atoms with E-state index in [1.807, 2.05) is 50.2 Å². The predicted octanol–water partition coefficient (Wildman–Crippen LogP) is 4.83. The summed E-state index contributed by atoms with van der Waals surface area (Å²) in [6, 6.07) is 14.0. The van der Waals surface area contributed by atoms with Crippen molar-refractivity contribution < 1.29 is 4.79 Å². The molecular weight excluding hydrogens is 244 g/mol. The van der Waals surface area contributed by atoms with E-state index < -0.39 is 0 Å². The van der Waals surface area contributed by atoms with Gasteiger partial charge in [0.2, 0.25) is 0 Å². The van der Waals surface area contributed by atoms with Crippen LogP contribution in [0.1, 0.15) is 53.4 Å². The van der Waals surface area contributed by atoms with Gasteiger partial charge in [0.1, 0.15) is 0 Å². The largest absolute Gasteiger partial charge is 0.289 e. The number of aryl methyl sites for hydroxylation is 2. The van der Waals surface area contributed by atoms with Crippen LogP contribution in [0.25, 0.3) is 0 Å². The van der Waals surface area contributed by atoms with Gasteiger partial charge in [-0.05, 0) is 42.0 Å². The third-order valence-electron chi connectivity index (χ3n) is 3.74. The van der Waals surface area contributed by atoms with E-state index in [2.05, 4.69) is 26.8 Å². The molecule has 0 saturated carbocycles. The number of ketones is 1. The molecule has 2 aromatic rings. The van der Waals surface area contributed by atoms with Crippen molar-refractivity contribution in [2.24, 2.45) is 0 Å². The zero-order valence-electron chi connectivity index (χ0n) is 12.9. The molecule has 0 aromatic heterocycles. The molecule has 0 saturated heterocycles.